The van der Waals surface area contributed by atoms with Crippen LogP contribution in [0.3, 0.4) is 0 Å². The van der Waals surface area contributed by atoms with Gasteiger partial charge in [-0.3, -0.25) is 14.7 Å². The zero-order valence-electron chi connectivity index (χ0n) is 9.85. The van der Waals surface area contributed by atoms with E-state index in [9.17, 15) is 9.59 Å². The predicted molar refractivity (Wildman–Crippen MR) is 73.2 cm³/mol. The number of imide groups is 1. The minimum Gasteiger partial charge on any atom is -0.337 e. The normalized spacial score (nSPS) is 15.9. The number of pyridine rings is 1. The first-order chi connectivity index (χ1) is 9.15. The van der Waals surface area contributed by atoms with Crippen LogP contribution >= 0.6 is 22.9 Å². The molecule has 0 unspecified atom stereocenters. The lowest BCUT2D eigenvalue weighted by atomic mass is 10.3. The maximum absolute atomic E-state index is 11.7. The van der Waals surface area contributed by atoms with Gasteiger partial charge in [0.15, 0.2) is 0 Å². The van der Waals surface area contributed by atoms with Gasteiger partial charge in [-0.2, -0.15) is 0 Å². The van der Waals surface area contributed by atoms with E-state index in [-0.39, 0.29) is 18.5 Å². The average Bonchev–Trinajstić information content (AvgIpc) is 2.78. The van der Waals surface area contributed by atoms with Gasteiger partial charge in [0.25, 0.3) is 0 Å². The number of hydrogen-bond donors (Lipinski definition) is 1. The molecule has 7 heteroatoms. The number of nitrogens with one attached hydrogen (secondary N) is 1. The van der Waals surface area contributed by atoms with Gasteiger partial charge in [-0.1, -0.05) is 11.6 Å². The van der Waals surface area contributed by atoms with E-state index in [1.807, 2.05) is 6.07 Å². The molecule has 0 spiro atoms. The largest absolute Gasteiger partial charge is 0.337 e. The number of fused-ring (bicyclic) bond motifs is 1. The van der Waals surface area contributed by atoms with Crippen LogP contribution in [0.25, 0.3) is 10.2 Å². The van der Waals surface area contributed by atoms with Gasteiger partial charge in [0.2, 0.25) is 5.91 Å². The molecule has 2 aromatic rings. The Labute approximate surface area is 118 Å². The summed E-state index contributed by atoms with van der Waals surface area (Å²) in [4.78, 5) is 29.7. The van der Waals surface area contributed by atoms with Gasteiger partial charge in [-0.15, -0.1) is 11.3 Å². The van der Waals surface area contributed by atoms with Crippen LogP contribution in [0, 0.1) is 0 Å². The van der Waals surface area contributed by atoms with Crippen LogP contribution in [0.4, 0.5) is 4.79 Å². The number of aromatic nitrogens is 1. The molecule has 1 saturated heterocycles. The van der Waals surface area contributed by atoms with E-state index in [1.54, 1.807) is 12.3 Å². The zero-order valence-corrected chi connectivity index (χ0v) is 11.4. The Morgan fingerprint density at radius 3 is 3.05 bits per heavy atom. The molecule has 98 valence electrons. The molecule has 1 aliphatic rings. The third-order valence-corrected chi connectivity index (χ3v) is 4.46. The Morgan fingerprint density at radius 2 is 2.32 bits per heavy atom. The summed E-state index contributed by atoms with van der Waals surface area (Å²) in [7, 11) is 0. The third kappa shape index (κ3) is 2.29. The highest BCUT2D eigenvalue weighted by atomic mass is 35.5. The van der Waals surface area contributed by atoms with Gasteiger partial charge >= 0.3 is 6.03 Å². The van der Waals surface area contributed by atoms with Crippen LogP contribution in [0.1, 0.15) is 11.3 Å². The molecule has 19 heavy (non-hydrogen) atoms. The topological polar surface area (TPSA) is 62.3 Å². The molecule has 3 rings (SSSR count). The SMILES string of the molecule is O=C1CCNC(=O)N1Cc1cc2nccc(Cl)c2s1. The van der Waals surface area contributed by atoms with Gasteiger partial charge in [0.05, 0.1) is 21.8 Å². The molecule has 3 heterocycles. The second-order valence-corrected chi connectivity index (χ2v) is 5.73. The van der Waals surface area contributed by atoms with Crippen molar-refractivity contribution in [2.75, 3.05) is 6.54 Å². The van der Waals surface area contributed by atoms with E-state index in [0.29, 0.717) is 18.0 Å². The second-order valence-electron chi connectivity index (χ2n) is 4.18. The van der Waals surface area contributed by atoms with Crippen molar-refractivity contribution in [3.05, 3.63) is 28.2 Å². The van der Waals surface area contributed by atoms with Crippen LogP contribution in [0.15, 0.2) is 18.3 Å². The minimum atomic E-state index is -0.340. The van der Waals surface area contributed by atoms with Gasteiger partial charge < -0.3 is 5.32 Å². The van der Waals surface area contributed by atoms with Crippen molar-refractivity contribution in [1.29, 1.82) is 0 Å². The first kappa shape index (κ1) is 12.4. The molecule has 1 N–H and O–H groups in total. The number of carbonyl (C=O) groups excluding carboxylic acids is 2. The molecule has 2 aromatic heterocycles. The first-order valence-corrected chi connectivity index (χ1v) is 6.96. The fraction of sp³-hybridized carbons (Fsp3) is 0.250. The van der Waals surface area contributed by atoms with Crippen molar-refractivity contribution in [3.63, 3.8) is 0 Å². The predicted octanol–water partition coefficient (Wildman–Crippen LogP) is 2.39. The molecule has 0 atom stereocenters. The van der Waals surface area contributed by atoms with Crippen LogP contribution < -0.4 is 5.32 Å². The molecule has 3 amide bonds. The zero-order chi connectivity index (χ0) is 13.4. The first-order valence-electron chi connectivity index (χ1n) is 5.76. The molecular weight excluding hydrogens is 286 g/mol. The highest BCUT2D eigenvalue weighted by Gasteiger charge is 2.26. The van der Waals surface area contributed by atoms with E-state index >= 15 is 0 Å². The molecular formula is C12H10ClN3O2S. The van der Waals surface area contributed by atoms with E-state index in [0.717, 1.165) is 15.1 Å². The molecule has 5 nitrogen and oxygen atoms in total. The van der Waals surface area contributed by atoms with Crippen molar-refractivity contribution in [2.45, 2.75) is 13.0 Å². The Bertz CT molecular complexity index is 654. The monoisotopic (exact) mass is 295 g/mol. The third-order valence-electron chi connectivity index (χ3n) is 2.89. The molecule has 0 radical (unpaired) electrons. The number of halogens is 1. The van der Waals surface area contributed by atoms with Gasteiger partial charge in [0.1, 0.15) is 0 Å². The van der Waals surface area contributed by atoms with Crippen LogP contribution in [-0.4, -0.2) is 28.4 Å². The highest BCUT2D eigenvalue weighted by molar-refractivity contribution is 7.19. The summed E-state index contributed by atoms with van der Waals surface area (Å²) in [6.45, 7) is 0.677. The van der Waals surface area contributed by atoms with Crippen molar-refractivity contribution >= 4 is 45.1 Å². The summed E-state index contributed by atoms with van der Waals surface area (Å²) in [5.74, 6) is -0.153. The number of hydrogen-bond acceptors (Lipinski definition) is 4. The lowest BCUT2D eigenvalue weighted by molar-refractivity contribution is -0.129. The van der Waals surface area contributed by atoms with Crippen molar-refractivity contribution < 1.29 is 9.59 Å². The number of amides is 3. The molecule has 1 fully saturated rings. The Kier molecular flexibility index (Phi) is 3.12. The van der Waals surface area contributed by atoms with Crippen LogP contribution in [-0.2, 0) is 11.3 Å². The minimum absolute atomic E-state index is 0.153. The summed E-state index contributed by atoms with van der Waals surface area (Å²) in [6.07, 6.45) is 1.98. The van der Waals surface area contributed by atoms with E-state index in [2.05, 4.69) is 10.3 Å². The fourth-order valence-electron chi connectivity index (χ4n) is 1.97. The Balaban J connectivity index is 1.90. The summed E-state index contributed by atoms with van der Waals surface area (Å²) in [5.41, 5.74) is 0.789. The molecule has 0 aromatic carbocycles. The fourth-order valence-corrected chi connectivity index (χ4v) is 3.25. The Hall–Kier alpha value is -1.66. The van der Waals surface area contributed by atoms with E-state index in [4.69, 9.17) is 11.6 Å². The van der Waals surface area contributed by atoms with Crippen LogP contribution in [0.2, 0.25) is 5.02 Å². The molecule has 0 aliphatic carbocycles. The molecule has 0 bridgehead atoms. The van der Waals surface area contributed by atoms with Gasteiger partial charge in [0, 0.05) is 24.0 Å². The van der Waals surface area contributed by atoms with Crippen molar-refractivity contribution in [1.82, 2.24) is 15.2 Å². The number of thiophene rings is 1. The van der Waals surface area contributed by atoms with Crippen molar-refractivity contribution in [2.24, 2.45) is 0 Å². The van der Waals surface area contributed by atoms with Gasteiger partial charge in [-0.25, -0.2) is 4.79 Å². The van der Waals surface area contributed by atoms with Crippen molar-refractivity contribution in [3.8, 4) is 0 Å². The number of nitrogens with zero attached hydrogens (tertiary/aromatic N) is 2. The van der Waals surface area contributed by atoms with E-state index < -0.39 is 0 Å². The average molecular weight is 296 g/mol. The van der Waals surface area contributed by atoms with Gasteiger partial charge in [-0.05, 0) is 12.1 Å². The number of rotatable bonds is 2. The molecule has 0 saturated carbocycles. The number of urea groups is 1. The lowest BCUT2D eigenvalue weighted by Gasteiger charge is -2.24. The highest BCUT2D eigenvalue weighted by Crippen LogP contribution is 2.31. The second kappa shape index (κ2) is 4.79. The number of carbonyl (C=O) groups is 2. The van der Waals surface area contributed by atoms with Crippen LogP contribution in [0.5, 0.6) is 0 Å². The lowest BCUT2D eigenvalue weighted by Crippen LogP contribution is -2.49. The summed E-state index contributed by atoms with van der Waals surface area (Å²) < 4.78 is 0.879. The maximum Gasteiger partial charge on any atom is 0.324 e. The van der Waals surface area contributed by atoms with E-state index in [1.165, 1.54) is 16.2 Å². The molecule has 1 aliphatic heterocycles. The Morgan fingerprint density at radius 1 is 1.47 bits per heavy atom. The standard InChI is InChI=1S/C12H10ClN3O2S/c13-8-1-3-14-9-5-7(19-11(8)9)6-16-10(17)2-4-15-12(16)18/h1,3,5H,2,4,6H2,(H,15,18). The summed E-state index contributed by atoms with van der Waals surface area (Å²) in [5, 5.41) is 3.29. The maximum atomic E-state index is 11.7. The summed E-state index contributed by atoms with van der Waals surface area (Å²) >= 11 is 7.53. The smallest absolute Gasteiger partial charge is 0.324 e. The quantitative estimate of drug-likeness (QED) is 0.925. The summed E-state index contributed by atoms with van der Waals surface area (Å²) in [6, 6.07) is 3.25.